The van der Waals surface area contributed by atoms with Gasteiger partial charge in [0.15, 0.2) is 12.2 Å². The Kier molecular flexibility index (Phi) is 8.48. The van der Waals surface area contributed by atoms with Crippen LogP contribution in [0, 0.1) is 18.6 Å². The lowest BCUT2D eigenvalue weighted by atomic mass is 9.94. The smallest absolute Gasteiger partial charge is 0.182 e. The molecule has 1 saturated heterocycles. The largest absolute Gasteiger partial charge is 0.383 e. The number of anilines is 1. The molecule has 0 spiro atoms. The molecule has 0 radical (unpaired) electrons. The van der Waals surface area contributed by atoms with Crippen molar-refractivity contribution in [3.05, 3.63) is 82.6 Å². The van der Waals surface area contributed by atoms with E-state index in [1.807, 2.05) is 13.1 Å². The first-order valence-electron chi connectivity index (χ1n) is 13.0. The summed E-state index contributed by atoms with van der Waals surface area (Å²) in [4.78, 5) is 2.24. The minimum atomic E-state index is -1.21. The SMILES string of the molecule is COCCN1C[C@@H](NC(O)Nc2c(C)c(-c3cnn(C)c3)nn2-c2cccc(Cl)c2F)[C@H](c2ccc(F)cc2)C1. The van der Waals surface area contributed by atoms with Crippen LogP contribution >= 0.6 is 11.6 Å². The Balaban J connectivity index is 1.44. The quantitative estimate of drug-likeness (QED) is 0.249. The van der Waals surface area contributed by atoms with Crippen molar-refractivity contribution < 1.29 is 18.6 Å². The molecule has 0 saturated carbocycles. The summed E-state index contributed by atoms with van der Waals surface area (Å²) in [5.41, 5.74) is 3.12. The lowest BCUT2D eigenvalue weighted by Crippen LogP contribution is -2.46. The molecule has 9 nitrogen and oxygen atoms in total. The van der Waals surface area contributed by atoms with Crippen molar-refractivity contribution in [2.24, 2.45) is 7.05 Å². The predicted octanol–water partition coefficient (Wildman–Crippen LogP) is 3.90. The summed E-state index contributed by atoms with van der Waals surface area (Å²) in [6.45, 7) is 4.50. The van der Waals surface area contributed by atoms with Gasteiger partial charge in [-0.2, -0.15) is 10.2 Å². The van der Waals surface area contributed by atoms with Crippen molar-refractivity contribution in [3.8, 4) is 16.9 Å². The van der Waals surface area contributed by atoms with Crippen molar-refractivity contribution in [1.29, 1.82) is 0 Å². The summed E-state index contributed by atoms with van der Waals surface area (Å²) in [5.74, 6) is -0.537. The molecule has 1 fully saturated rings. The minimum Gasteiger partial charge on any atom is -0.383 e. The highest BCUT2D eigenvalue weighted by molar-refractivity contribution is 6.30. The van der Waals surface area contributed by atoms with Crippen molar-refractivity contribution >= 4 is 17.4 Å². The molecule has 12 heteroatoms. The number of hydrogen-bond donors (Lipinski definition) is 3. The summed E-state index contributed by atoms with van der Waals surface area (Å²) in [5, 5.41) is 26.5. The van der Waals surface area contributed by atoms with Crippen LogP contribution in [-0.4, -0.2) is 75.3 Å². The maximum atomic E-state index is 15.1. The van der Waals surface area contributed by atoms with Gasteiger partial charge in [0, 0.05) is 63.1 Å². The molecule has 212 valence electrons. The number of ether oxygens (including phenoxy) is 1. The Morgan fingerprint density at radius 2 is 1.95 bits per heavy atom. The highest BCUT2D eigenvalue weighted by Gasteiger charge is 2.35. The van der Waals surface area contributed by atoms with E-state index in [-0.39, 0.29) is 28.5 Å². The molecule has 4 aromatic rings. The highest BCUT2D eigenvalue weighted by Crippen LogP contribution is 2.33. The third kappa shape index (κ3) is 5.89. The van der Waals surface area contributed by atoms with E-state index in [0.29, 0.717) is 30.2 Å². The van der Waals surface area contributed by atoms with Crippen LogP contribution in [-0.2, 0) is 11.8 Å². The van der Waals surface area contributed by atoms with Gasteiger partial charge in [-0.15, -0.1) is 0 Å². The minimum absolute atomic E-state index is 0.00348. The summed E-state index contributed by atoms with van der Waals surface area (Å²) in [6.07, 6.45) is 2.27. The molecule has 1 aliphatic rings. The van der Waals surface area contributed by atoms with Crippen molar-refractivity contribution in [1.82, 2.24) is 29.8 Å². The number of rotatable bonds is 10. The number of nitrogens with one attached hydrogen (secondary N) is 2. The second-order valence-corrected chi connectivity index (χ2v) is 10.3. The molecular weight excluding hydrogens is 540 g/mol. The Morgan fingerprint density at radius 3 is 2.65 bits per heavy atom. The summed E-state index contributed by atoms with van der Waals surface area (Å²) >= 11 is 6.09. The third-order valence-electron chi connectivity index (χ3n) is 7.21. The zero-order valence-electron chi connectivity index (χ0n) is 22.5. The number of methoxy groups -OCH3 is 1. The normalized spacial score (nSPS) is 18.4. The van der Waals surface area contributed by atoms with E-state index in [4.69, 9.17) is 16.3 Å². The third-order valence-corrected chi connectivity index (χ3v) is 7.50. The van der Waals surface area contributed by atoms with Gasteiger partial charge >= 0.3 is 0 Å². The lowest BCUT2D eigenvalue weighted by Gasteiger charge is -2.25. The van der Waals surface area contributed by atoms with Crippen LogP contribution < -0.4 is 10.6 Å². The molecule has 1 unspecified atom stereocenters. The van der Waals surface area contributed by atoms with Crippen LogP contribution in [0.4, 0.5) is 14.6 Å². The molecule has 2 aromatic carbocycles. The summed E-state index contributed by atoms with van der Waals surface area (Å²) in [6, 6.07) is 10.9. The van der Waals surface area contributed by atoms with Crippen LogP contribution in [0.25, 0.3) is 16.9 Å². The van der Waals surface area contributed by atoms with E-state index < -0.39 is 12.2 Å². The first-order valence-corrected chi connectivity index (χ1v) is 13.3. The number of likely N-dealkylation sites (tertiary alicyclic amines) is 1. The maximum absolute atomic E-state index is 15.1. The Bertz CT molecular complexity index is 1460. The van der Waals surface area contributed by atoms with Gasteiger partial charge in [-0.25, -0.2) is 13.5 Å². The topological polar surface area (TPSA) is 92.4 Å². The zero-order chi connectivity index (χ0) is 28.4. The van der Waals surface area contributed by atoms with Crippen LogP contribution in [0.15, 0.2) is 54.9 Å². The Labute approximate surface area is 236 Å². The molecule has 0 aliphatic carbocycles. The van der Waals surface area contributed by atoms with Crippen LogP contribution in [0.1, 0.15) is 17.0 Å². The average Bonchev–Trinajstić information content (AvgIpc) is 3.62. The van der Waals surface area contributed by atoms with Gasteiger partial charge in [-0.1, -0.05) is 29.8 Å². The molecule has 0 bridgehead atoms. The second-order valence-electron chi connectivity index (χ2n) is 9.94. The number of aromatic nitrogens is 4. The van der Waals surface area contributed by atoms with Crippen LogP contribution in [0.5, 0.6) is 0 Å². The number of hydrogen-bond acceptors (Lipinski definition) is 7. The Hall–Kier alpha value is -3.35. The monoisotopic (exact) mass is 571 g/mol. The molecule has 3 heterocycles. The average molecular weight is 572 g/mol. The van der Waals surface area contributed by atoms with Gasteiger partial charge in [0.05, 0.1) is 17.8 Å². The van der Waals surface area contributed by atoms with E-state index in [1.165, 1.54) is 22.9 Å². The summed E-state index contributed by atoms with van der Waals surface area (Å²) < 4.78 is 37.1. The second kappa shape index (κ2) is 12.0. The highest BCUT2D eigenvalue weighted by atomic mass is 35.5. The molecule has 5 rings (SSSR count). The van der Waals surface area contributed by atoms with Crippen molar-refractivity contribution in [2.75, 3.05) is 38.7 Å². The first kappa shape index (κ1) is 28.2. The van der Waals surface area contributed by atoms with Crippen molar-refractivity contribution in [3.63, 3.8) is 0 Å². The van der Waals surface area contributed by atoms with Gasteiger partial charge in [-0.3, -0.25) is 14.9 Å². The van der Waals surface area contributed by atoms with E-state index in [2.05, 4.69) is 25.7 Å². The van der Waals surface area contributed by atoms with Gasteiger partial charge < -0.3 is 15.2 Å². The maximum Gasteiger partial charge on any atom is 0.182 e. The van der Waals surface area contributed by atoms with E-state index >= 15 is 4.39 Å². The standard InChI is InChI=1S/C28H32ClF2N7O2/c1-17-26(19-13-32-36(2)14-19)35-38(24-6-4-5-22(29)25(24)31)27(17)34-28(39)33-23-16-37(11-12-40-3)15-21(23)18-7-9-20(30)10-8-18/h4-10,13-14,21,23,28,33-34,39H,11-12,15-16H2,1-3H3/t21-,23+,28?/m0/s1. The molecule has 0 amide bonds. The number of halogens is 3. The Morgan fingerprint density at radius 1 is 1.18 bits per heavy atom. The summed E-state index contributed by atoms with van der Waals surface area (Å²) in [7, 11) is 3.46. The molecule has 2 aromatic heterocycles. The molecule has 1 aliphatic heterocycles. The molecule has 3 atom stereocenters. The molecular formula is C28H32ClF2N7O2. The number of aliphatic hydroxyl groups excluding tert-OH is 1. The number of benzene rings is 2. The van der Waals surface area contributed by atoms with Gasteiger partial charge in [0.1, 0.15) is 23.0 Å². The van der Waals surface area contributed by atoms with Gasteiger partial charge in [0.25, 0.3) is 0 Å². The first-order chi connectivity index (χ1) is 19.2. The fourth-order valence-corrected chi connectivity index (χ4v) is 5.36. The van der Waals surface area contributed by atoms with Crippen LogP contribution in [0.3, 0.4) is 0 Å². The number of aliphatic hydroxyl groups is 1. The fourth-order valence-electron chi connectivity index (χ4n) is 5.19. The van der Waals surface area contributed by atoms with Gasteiger partial charge in [-0.05, 0) is 36.8 Å². The number of aryl methyl sites for hydroxylation is 1. The van der Waals surface area contributed by atoms with E-state index in [1.54, 1.807) is 49.3 Å². The predicted molar refractivity (Wildman–Crippen MR) is 149 cm³/mol. The molecule has 3 N–H and O–H groups in total. The van der Waals surface area contributed by atoms with Gasteiger partial charge in [0.2, 0.25) is 0 Å². The number of nitrogens with zero attached hydrogens (tertiary/aromatic N) is 5. The van der Waals surface area contributed by atoms with Crippen LogP contribution in [0.2, 0.25) is 5.02 Å². The molecule has 40 heavy (non-hydrogen) atoms. The lowest BCUT2D eigenvalue weighted by molar-refractivity contribution is 0.139. The van der Waals surface area contributed by atoms with E-state index in [9.17, 15) is 9.50 Å². The van der Waals surface area contributed by atoms with Crippen molar-refractivity contribution in [2.45, 2.75) is 25.2 Å². The zero-order valence-corrected chi connectivity index (χ0v) is 23.2. The fraction of sp³-hybridized carbons (Fsp3) is 0.357. The van der Waals surface area contributed by atoms with E-state index in [0.717, 1.165) is 24.2 Å².